The molecular formula is C12H7F2N3. The van der Waals surface area contributed by atoms with Crippen LogP contribution in [0.25, 0.3) is 17.0 Å². The molecule has 17 heavy (non-hydrogen) atoms. The van der Waals surface area contributed by atoms with Gasteiger partial charge in [0, 0.05) is 24.0 Å². The smallest absolute Gasteiger partial charge is 0.234 e. The van der Waals surface area contributed by atoms with E-state index in [1.54, 1.807) is 22.9 Å². The van der Waals surface area contributed by atoms with Crippen molar-refractivity contribution in [3.8, 4) is 11.3 Å². The Morgan fingerprint density at radius 1 is 1.00 bits per heavy atom. The molecule has 3 nitrogen and oxygen atoms in total. The first kappa shape index (κ1) is 9.89. The molecule has 0 aliphatic carbocycles. The maximum atomic E-state index is 13.1. The molecule has 0 saturated carbocycles. The number of rotatable bonds is 1. The monoisotopic (exact) mass is 231 g/mol. The summed E-state index contributed by atoms with van der Waals surface area (Å²) < 4.78 is 27.9. The first-order valence-corrected chi connectivity index (χ1v) is 4.98. The van der Waals surface area contributed by atoms with Gasteiger partial charge in [0.25, 0.3) is 0 Å². The fourth-order valence-electron chi connectivity index (χ4n) is 1.74. The Kier molecular flexibility index (Phi) is 2.11. The number of nitrogens with zero attached hydrogens (tertiary/aromatic N) is 3. The number of halogens is 2. The highest BCUT2D eigenvalue weighted by Gasteiger charge is 2.08. The van der Waals surface area contributed by atoms with Crippen molar-refractivity contribution in [1.29, 1.82) is 0 Å². The Bertz CT molecular complexity index is 671. The van der Waals surface area contributed by atoms with Gasteiger partial charge in [-0.15, -0.1) is 0 Å². The van der Waals surface area contributed by atoms with E-state index in [-0.39, 0.29) is 0 Å². The summed E-state index contributed by atoms with van der Waals surface area (Å²) in [6.07, 6.45) is 4.89. The lowest BCUT2D eigenvalue weighted by Crippen LogP contribution is -1.91. The standard InChI is InChI=1S/C12H7F2N3/c13-9-4-8(5-10(14)6-9)11-7-16-12-15-2-1-3-17(11)12/h1-7H. The van der Waals surface area contributed by atoms with Gasteiger partial charge >= 0.3 is 0 Å². The molecule has 0 saturated heterocycles. The molecule has 0 radical (unpaired) electrons. The minimum absolute atomic E-state index is 0.433. The Labute approximate surface area is 95.4 Å². The van der Waals surface area contributed by atoms with Crippen molar-refractivity contribution in [3.05, 3.63) is 54.5 Å². The van der Waals surface area contributed by atoms with Crippen molar-refractivity contribution < 1.29 is 8.78 Å². The Hall–Kier alpha value is -2.30. The molecule has 0 aliphatic heterocycles. The fourth-order valence-corrected chi connectivity index (χ4v) is 1.74. The molecule has 0 fully saturated rings. The van der Waals surface area contributed by atoms with Crippen molar-refractivity contribution in [1.82, 2.24) is 14.4 Å². The summed E-state index contributed by atoms with van der Waals surface area (Å²) in [6.45, 7) is 0. The van der Waals surface area contributed by atoms with Crippen LogP contribution in [-0.2, 0) is 0 Å². The second-order valence-electron chi connectivity index (χ2n) is 3.59. The van der Waals surface area contributed by atoms with Gasteiger partial charge in [-0.1, -0.05) is 0 Å². The number of aromatic nitrogens is 3. The van der Waals surface area contributed by atoms with E-state index in [1.165, 1.54) is 18.3 Å². The summed E-state index contributed by atoms with van der Waals surface area (Å²) in [7, 11) is 0. The summed E-state index contributed by atoms with van der Waals surface area (Å²) in [5.74, 6) is -0.732. The van der Waals surface area contributed by atoms with Crippen LogP contribution in [-0.4, -0.2) is 14.4 Å². The van der Waals surface area contributed by atoms with Crippen molar-refractivity contribution in [3.63, 3.8) is 0 Å². The average Bonchev–Trinajstić information content (AvgIpc) is 2.71. The number of imidazole rings is 1. The lowest BCUT2D eigenvalue weighted by atomic mass is 10.1. The predicted molar refractivity (Wildman–Crippen MR) is 58.3 cm³/mol. The van der Waals surface area contributed by atoms with Gasteiger partial charge in [-0.25, -0.2) is 18.7 Å². The predicted octanol–water partition coefficient (Wildman–Crippen LogP) is 2.67. The van der Waals surface area contributed by atoms with E-state index in [4.69, 9.17) is 0 Å². The Morgan fingerprint density at radius 3 is 2.53 bits per heavy atom. The van der Waals surface area contributed by atoms with Crippen molar-refractivity contribution >= 4 is 5.78 Å². The minimum Gasteiger partial charge on any atom is -0.284 e. The Morgan fingerprint density at radius 2 is 1.76 bits per heavy atom. The van der Waals surface area contributed by atoms with Crippen molar-refractivity contribution in [2.24, 2.45) is 0 Å². The van der Waals surface area contributed by atoms with Gasteiger partial charge in [-0.05, 0) is 18.2 Å². The summed E-state index contributed by atoms with van der Waals surface area (Å²) in [4.78, 5) is 8.10. The van der Waals surface area contributed by atoms with Crippen LogP contribution < -0.4 is 0 Å². The number of hydrogen-bond donors (Lipinski definition) is 0. The van der Waals surface area contributed by atoms with Crippen LogP contribution in [0.3, 0.4) is 0 Å². The van der Waals surface area contributed by atoms with E-state index in [1.807, 2.05) is 0 Å². The highest BCUT2D eigenvalue weighted by atomic mass is 19.1. The Balaban J connectivity index is 2.27. The third kappa shape index (κ3) is 1.65. The van der Waals surface area contributed by atoms with Crippen LogP contribution in [0.4, 0.5) is 8.78 Å². The topological polar surface area (TPSA) is 30.2 Å². The molecule has 0 N–H and O–H groups in total. The van der Waals surface area contributed by atoms with E-state index in [9.17, 15) is 8.78 Å². The SMILES string of the molecule is Fc1cc(F)cc(-c2cnc3ncccn23)c1. The fraction of sp³-hybridized carbons (Fsp3) is 0. The first-order valence-electron chi connectivity index (χ1n) is 4.98. The zero-order chi connectivity index (χ0) is 11.8. The van der Waals surface area contributed by atoms with Crippen LogP contribution in [0.2, 0.25) is 0 Å². The van der Waals surface area contributed by atoms with Gasteiger partial charge in [-0.3, -0.25) is 4.40 Å². The van der Waals surface area contributed by atoms with Crippen LogP contribution in [0.15, 0.2) is 42.9 Å². The highest BCUT2D eigenvalue weighted by molar-refractivity contribution is 5.62. The van der Waals surface area contributed by atoms with Gasteiger partial charge in [0.05, 0.1) is 11.9 Å². The van der Waals surface area contributed by atoms with Crippen LogP contribution in [0, 0.1) is 11.6 Å². The molecular weight excluding hydrogens is 224 g/mol. The second-order valence-corrected chi connectivity index (χ2v) is 3.59. The van der Waals surface area contributed by atoms with Gasteiger partial charge in [0.2, 0.25) is 5.78 Å². The molecule has 1 aromatic carbocycles. The van der Waals surface area contributed by atoms with Gasteiger partial charge < -0.3 is 0 Å². The molecule has 84 valence electrons. The third-order valence-electron chi connectivity index (χ3n) is 2.45. The first-order chi connectivity index (χ1) is 8.24. The molecule has 3 aromatic rings. The number of fused-ring (bicyclic) bond motifs is 1. The largest absolute Gasteiger partial charge is 0.284 e. The van der Waals surface area contributed by atoms with E-state index in [0.717, 1.165) is 6.07 Å². The van der Waals surface area contributed by atoms with Crippen LogP contribution in [0.5, 0.6) is 0 Å². The maximum Gasteiger partial charge on any atom is 0.234 e. The molecule has 0 unspecified atom stereocenters. The normalized spacial score (nSPS) is 10.9. The maximum absolute atomic E-state index is 13.1. The van der Waals surface area contributed by atoms with Crippen molar-refractivity contribution in [2.45, 2.75) is 0 Å². The highest BCUT2D eigenvalue weighted by Crippen LogP contribution is 2.21. The third-order valence-corrected chi connectivity index (χ3v) is 2.45. The van der Waals surface area contributed by atoms with Gasteiger partial charge in [0.1, 0.15) is 11.6 Å². The van der Waals surface area contributed by atoms with Crippen molar-refractivity contribution in [2.75, 3.05) is 0 Å². The summed E-state index contributed by atoms with van der Waals surface area (Å²) >= 11 is 0. The molecule has 0 bridgehead atoms. The van der Waals surface area contributed by atoms with Gasteiger partial charge in [-0.2, -0.15) is 0 Å². The minimum atomic E-state index is -0.612. The number of hydrogen-bond acceptors (Lipinski definition) is 2. The summed E-state index contributed by atoms with van der Waals surface area (Å²) in [5, 5.41) is 0. The zero-order valence-corrected chi connectivity index (χ0v) is 8.64. The molecule has 0 amide bonds. The van der Waals surface area contributed by atoms with Crippen LogP contribution in [0.1, 0.15) is 0 Å². The molecule has 0 atom stereocenters. The molecule has 2 aromatic heterocycles. The summed E-state index contributed by atoms with van der Waals surface area (Å²) in [6, 6.07) is 5.10. The van der Waals surface area contributed by atoms with Crippen LogP contribution >= 0.6 is 0 Å². The molecule has 3 rings (SSSR count). The van der Waals surface area contributed by atoms with E-state index in [0.29, 0.717) is 17.0 Å². The number of benzene rings is 1. The average molecular weight is 231 g/mol. The molecule has 5 heteroatoms. The van der Waals surface area contributed by atoms with Gasteiger partial charge in [0.15, 0.2) is 0 Å². The lowest BCUT2D eigenvalue weighted by molar-refractivity contribution is 0.584. The molecule has 2 heterocycles. The lowest BCUT2D eigenvalue weighted by Gasteiger charge is -2.01. The van der Waals surface area contributed by atoms with E-state index in [2.05, 4.69) is 9.97 Å². The molecule has 0 aliphatic rings. The summed E-state index contributed by atoms with van der Waals surface area (Å²) in [5.41, 5.74) is 1.04. The zero-order valence-electron chi connectivity index (χ0n) is 8.64. The van der Waals surface area contributed by atoms with E-state index >= 15 is 0 Å². The quantitative estimate of drug-likeness (QED) is 0.644. The van der Waals surface area contributed by atoms with E-state index < -0.39 is 11.6 Å². The molecule has 0 spiro atoms. The second kappa shape index (κ2) is 3.62.